The molecule has 0 aliphatic rings. The second kappa shape index (κ2) is 8.02. The van der Waals surface area contributed by atoms with E-state index in [9.17, 15) is 27.7 Å². The van der Waals surface area contributed by atoms with Gasteiger partial charge in [-0.1, -0.05) is 18.2 Å². The lowest BCUT2D eigenvalue weighted by Crippen LogP contribution is -2.38. The second-order valence-corrected chi connectivity index (χ2v) is 7.46. The number of rotatable bonds is 7. The minimum absolute atomic E-state index is 0.115. The molecular formula is C16H16FN3O5S. The Hall–Kier alpha value is -2.85. The molecule has 1 N–H and O–H groups in total. The van der Waals surface area contributed by atoms with Gasteiger partial charge in [-0.2, -0.15) is 4.31 Å². The Morgan fingerprint density at radius 2 is 1.88 bits per heavy atom. The molecule has 0 atom stereocenters. The molecule has 0 radical (unpaired) electrons. The van der Waals surface area contributed by atoms with E-state index in [0.717, 1.165) is 10.4 Å². The average Bonchev–Trinajstić information content (AvgIpc) is 2.61. The largest absolute Gasteiger partial charge is 0.351 e. The van der Waals surface area contributed by atoms with Crippen molar-refractivity contribution in [3.63, 3.8) is 0 Å². The minimum atomic E-state index is -4.06. The fraction of sp³-hybridized carbons (Fsp3) is 0.188. The van der Waals surface area contributed by atoms with Gasteiger partial charge >= 0.3 is 0 Å². The van der Waals surface area contributed by atoms with Gasteiger partial charge in [0.2, 0.25) is 15.9 Å². The Balaban J connectivity index is 2.01. The molecule has 26 heavy (non-hydrogen) atoms. The highest BCUT2D eigenvalue weighted by molar-refractivity contribution is 7.89. The Kier molecular flexibility index (Phi) is 6.01. The van der Waals surface area contributed by atoms with E-state index < -0.39 is 33.2 Å². The summed E-state index contributed by atoms with van der Waals surface area (Å²) in [5, 5.41) is 13.3. The van der Waals surface area contributed by atoms with Crippen LogP contribution in [0.5, 0.6) is 0 Å². The monoisotopic (exact) mass is 381 g/mol. The van der Waals surface area contributed by atoms with E-state index in [0.29, 0.717) is 5.56 Å². The summed E-state index contributed by atoms with van der Waals surface area (Å²) in [4.78, 5) is 21.7. The number of carbonyl (C=O) groups excluding carboxylic acids is 1. The smallest absolute Gasteiger partial charge is 0.270 e. The first-order chi connectivity index (χ1) is 12.2. The van der Waals surface area contributed by atoms with Gasteiger partial charge in [-0.05, 0) is 23.8 Å². The van der Waals surface area contributed by atoms with Crippen LogP contribution in [0.15, 0.2) is 53.4 Å². The number of nitrogens with one attached hydrogen (secondary N) is 1. The Labute approximate surface area is 149 Å². The molecule has 2 rings (SSSR count). The molecule has 0 bridgehead atoms. The van der Waals surface area contributed by atoms with Crippen LogP contribution in [-0.4, -0.2) is 37.1 Å². The number of nitrogens with zero attached hydrogens (tertiary/aromatic N) is 2. The quantitative estimate of drug-likeness (QED) is 0.579. The number of sulfonamides is 1. The predicted octanol–water partition coefficient (Wildman–Crippen LogP) is 1.67. The zero-order valence-corrected chi connectivity index (χ0v) is 14.6. The molecule has 0 aromatic heterocycles. The van der Waals surface area contributed by atoms with Gasteiger partial charge in [0.1, 0.15) is 5.82 Å². The van der Waals surface area contributed by atoms with Crippen LogP contribution in [0.3, 0.4) is 0 Å². The van der Waals surface area contributed by atoms with E-state index in [-0.39, 0.29) is 17.1 Å². The van der Waals surface area contributed by atoms with Crippen molar-refractivity contribution in [2.24, 2.45) is 0 Å². The van der Waals surface area contributed by atoms with E-state index in [1.807, 2.05) is 0 Å². The summed E-state index contributed by atoms with van der Waals surface area (Å²) in [5.74, 6) is -0.964. The zero-order valence-electron chi connectivity index (χ0n) is 13.8. The van der Waals surface area contributed by atoms with Crippen molar-refractivity contribution >= 4 is 21.6 Å². The first-order valence-electron chi connectivity index (χ1n) is 7.42. The van der Waals surface area contributed by atoms with Gasteiger partial charge in [-0.3, -0.25) is 14.9 Å². The topological polar surface area (TPSA) is 110 Å². The fourth-order valence-corrected chi connectivity index (χ4v) is 3.25. The van der Waals surface area contributed by atoms with E-state index in [1.54, 1.807) is 0 Å². The number of hydrogen-bond donors (Lipinski definition) is 1. The minimum Gasteiger partial charge on any atom is -0.351 e. The number of halogens is 1. The van der Waals surface area contributed by atoms with Crippen molar-refractivity contribution < 1.29 is 22.5 Å². The van der Waals surface area contributed by atoms with Crippen LogP contribution >= 0.6 is 0 Å². The number of likely N-dealkylation sites (N-methyl/N-ethyl adjacent to an activating group) is 1. The SMILES string of the molecule is CN(CC(=O)NCc1ccc(F)cc1)S(=O)(=O)c1cccc([N+](=O)[O-])c1. The number of amides is 1. The molecule has 138 valence electrons. The molecule has 0 saturated carbocycles. The third-order valence-electron chi connectivity index (χ3n) is 3.51. The summed E-state index contributed by atoms with van der Waals surface area (Å²) in [6, 6.07) is 10.1. The van der Waals surface area contributed by atoms with Gasteiger partial charge in [-0.15, -0.1) is 0 Å². The normalized spacial score (nSPS) is 11.3. The van der Waals surface area contributed by atoms with Gasteiger partial charge in [0.05, 0.1) is 16.4 Å². The van der Waals surface area contributed by atoms with Gasteiger partial charge in [0.25, 0.3) is 5.69 Å². The highest BCUT2D eigenvalue weighted by Crippen LogP contribution is 2.20. The standard InChI is InChI=1S/C16H16FN3O5S/c1-19(11-16(21)18-10-12-5-7-13(17)8-6-12)26(24,25)15-4-2-3-14(9-15)20(22)23/h2-9H,10-11H2,1H3,(H,18,21). The molecule has 0 heterocycles. The summed E-state index contributed by atoms with van der Waals surface area (Å²) in [6.07, 6.45) is 0. The number of hydrogen-bond acceptors (Lipinski definition) is 5. The van der Waals surface area contributed by atoms with E-state index in [2.05, 4.69) is 5.32 Å². The maximum Gasteiger partial charge on any atom is 0.270 e. The summed E-state index contributed by atoms with van der Waals surface area (Å²) < 4.78 is 38.5. The van der Waals surface area contributed by atoms with Crippen molar-refractivity contribution in [1.82, 2.24) is 9.62 Å². The van der Waals surface area contributed by atoms with Crippen LogP contribution in [0.25, 0.3) is 0 Å². The van der Waals surface area contributed by atoms with Gasteiger partial charge < -0.3 is 5.32 Å². The molecule has 2 aromatic rings. The van der Waals surface area contributed by atoms with Crippen LogP contribution in [0.2, 0.25) is 0 Å². The first-order valence-corrected chi connectivity index (χ1v) is 8.86. The molecule has 0 spiro atoms. The van der Waals surface area contributed by atoms with Crippen molar-refractivity contribution in [3.05, 3.63) is 70.0 Å². The molecule has 2 aromatic carbocycles. The molecule has 0 aliphatic carbocycles. The Bertz CT molecular complexity index is 916. The lowest BCUT2D eigenvalue weighted by Gasteiger charge is -2.16. The van der Waals surface area contributed by atoms with Crippen LogP contribution in [0.1, 0.15) is 5.56 Å². The molecule has 0 saturated heterocycles. The zero-order chi connectivity index (χ0) is 19.3. The summed E-state index contributed by atoms with van der Waals surface area (Å²) in [6.45, 7) is -0.351. The molecule has 10 heteroatoms. The van der Waals surface area contributed by atoms with Gasteiger partial charge in [0.15, 0.2) is 0 Å². The van der Waals surface area contributed by atoms with Crippen molar-refractivity contribution in [2.45, 2.75) is 11.4 Å². The molecule has 0 unspecified atom stereocenters. The van der Waals surface area contributed by atoms with E-state index in [4.69, 9.17) is 0 Å². The first kappa shape index (κ1) is 19.5. The van der Waals surface area contributed by atoms with Crippen LogP contribution in [-0.2, 0) is 21.4 Å². The van der Waals surface area contributed by atoms with E-state index >= 15 is 0 Å². The van der Waals surface area contributed by atoms with Gasteiger partial charge in [-0.25, -0.2) is 12.8 Å². The molecule has 1 amide bonds. The number of non-ortho nitro benzene ring substituents is 1. The summed E-state index contributed by atoms with van der Waals surface area (Å²) in [7, 11) is -2.86. The Morgan fingerprint density at radius 1 is 1.23 bits per heavy atom. The highest BCUT2D eigenvalue weighted by atomic mass is 32.2. The molecule has 8 nitrogen and oxygen atoms in total. The summed E-state index contributed by atoms with van der Waals surface area (Å²) in [5.41, 5.74) is 0.296. The number of nitro benzene ring substituents is 1. The molecular weight excluding hydrogens is 365 g/mol. The maximum absolute atomic E-state index is 12.8. The van der Waals surface area contributed by atoms with Crippen molar-refractivity contribution in [2.75, 3.05) is 13.6 Å². The predicted molar refractivity (Wildman–Crippen MR) is 91.2 cm³/mol. The lowest BCUT2D eigenvalue weighted by atomic mass is 10.2. The fourth-order valence-electron chi connectivity index (χ4n) is 2.08. The van der Waals surface area contributed by atoms with E-state index in [1.165, 1.54) is 49.5 Å². The Morgan fingerprint density at radius 3 is 2.50 bits per heavy atom. The van der Waals surface area contributed by atoms with Crippen molar-refractivity contribution in [1.29, 1.82) is 0 Å². The van der Waals surface area contributed by atoms with Crippen molar-refractivity contribution in [3.8, 4) is 0 Å². The third-order valence-corrected chi connectivity index (χ3v) is 5.31. The molecule has 0 aliphatic heterocycles. The number of nitro groups is 1. The van der Waals surface area contributed by atoms with Crippen LogP contribution in [0.4, 0.5) is 10.1 Å². The maximum atomic E-state index is 12.8. The van der Waals surface area contributed by atoms with Gasteiger partial charge in [0, 0.05) is 25.7 Å². The third kappa shape index (κ3) is 4.83. The van der Waals surface area contributed by atoms with Crippen LogP contribution in [0, 0.1) is 15.9 Å². The average molecular weight is 381 g/mol. The summed E-state index contributed by atoms with van der Waals surface area (Å²) >= 11 is 0. The van der Waals surface area contributed by atoms with Crippen LogP contribution < -0.4 is 5.32 Å². The number of benzene rings is 2. The highest BCUT2D eigenvalue weighted by Gasteiger charge is 2.24. The number of carbonyl (C=O) groups is 1. The molecule has 0 fully saturated rings. The lowest BCUT2D eigenvalue weighted by molar-refractivity contribution is -0.385. The second-order valence-electron chi connectivity index (χ2n) is 5.42.